The van der Waals surface area contributed by atoms with Crippen molar-refractivity contribution in [2.45, 2.75) is 4.90 Å². The molecule has 6 nitrogen and oxygen atoms in total. The van der Waals surface area contributed by atoms with Crippen LogP contribution in [-0.2, 0) is 14.8 Å². The van der Waals surface area contributed by atoms with Crippen LogP contribution in [0.1, 0.15) is 5.56 Å². The highest BCUT2D eigenvalue weighted by Gasteiger charge is 2.20. The maximum absolute atomic E-state index is 12.3. The molecule has 130 valence electrons. The Labute approximate surface area is 153 Å². The lowest BCUT2D eigenvalue weighted by atomic mass is 10.2. The second kappa shape index (κ2) is 7.28. The number of amides is 1. The van der Waals surface area contributed by atoms with Gasteiger partial charge in [-0.25, -0.2) is 13.1 Å². The summed E-state index contributed by atoms with van der Waals surface area (Å²) in [4.78, 5) is 11.9. The van der Waals surface area contributed by atoms with Crippen LogP contribution in [-0.4, -0.2) is 27.5 Å². The quantitative estimate of drug-likeness (QED) is 0.764. The summed E-state index contributed by atoms with van der Waals surface area (Å²) in [5.41, 5.74) is 0.759. The number of sulfonamides is 1. The molecule has 0 aromatic heterocycles. The van der Waals surface area contributed by atoms with Gasteiger partial charge >= 0.3 is 0 Å². The molecule has 0 fully saturated rings. The van der Waals surface area contributed by atoms with Gasteiger partial charge in [0.05, 0.1) is 4.90 Å². The Morgan fingerprint density at radius 3 is 2.56 bits per heavy atom. The Morgan fingerprint density at radius 1 is 1.08 bits per heavy atom. The van der Waals surface area contributed by atoms with Gasteiger partial charge in [-0.05, 0) is 29.8 Å². The van der Waals surface area contributed by atoms with Crippen molar-refractivity contribution >= 4 is 37.9 Å². The lowest BCUT2D eigenvalue weighted by Crippen LogP contribution is -2.29. The predicted octanol–water partition coefficient (Wildman–Crippen LogP) is 2.74. The van der Waals surface area contributed by atoms with Crippen molar-refractivity contribution < 1.29 is 22.7 Å². The molecule has 0 atom stereocenters. The van der Waals surface area contributed by atoms with Crippen LogP contribution < -0.4 is 14.2 Å². The van der Waals surface area contributed by atoms with Crippen LogP contribution >= 0.6 is 15.9 Å². The third kappa shape index (κ3) is 4.21. The topological polar surface area (TPSA) is 81.7 Å². The molecule has 0 spiro atoms. The molecule has 1 amide bonds. The minimum atomic E-state index is -4.01. The van der Waals surface area contributed by atoms with Crippen molar-refractivity contribution in [3.05, 3.63) is 58.6 Å². The van der Waals surface area contributed by atoms with Crippen LogP contribution in [0.15, 0.2) is 57.9 Å². The van der Waals surface area contributed by atoms with Gasteiger partial charge in [-0.1, -0.05) is 34.1 Å². The molecule has 3 rings (SSSR count). The lowest BCUT2D eigenvalue weighted by molar-refractivity contribution is -0.114. The maximum atomic E-state index is 12.3. The van der Waals surface area contributed by atoms with E-state index in [0.717, 1.165) is 16.1 Å². The summed E-state index contributed by atoms with van der Waals surface area (Å²) in [5, 5.41) is 0. The fraction of sp³-hybridized carbons (Fsp3) is 0.118. The second-order valence-corrected chi connectivity index (χ2v) is 7.67. The summed E-state index contributed by atoms with van der Waals surface area (Å²) < 4.78 is 38.2. The third-order valence-corrected chi connectivity index (χ3v) is 5.45. The van der Waals surface area contributed by atoms with Gasteiger partial charge in [0.15, 0.2) is 11.5 Å². The van der Waals surface area contributed by atoms with Gasteiger partial charge in [-0.2, -0.15) is 0 Å². The number of ether oxygens (including phenoxy) is 2. The minimum absolute atomic E-state index is 0.0700. The first-order chi connectivity index (χ1) is 12.0. The van der Waals surface area contributed by atoms with Gasteiger partial charge in [0, 0.05) is 16.6 Å². The van der Waals surface area contributed by atoms with Crippen molar-refractivity contribution in [3.63, 3.8) is 0 Å². The average molecular weight is 424 g/mol. The van der Waals surface area contributed by atoms with Crippen LogP contribution in [0.25, 0.3) is 6.08 Å². The van der Waals surface area contributed by atoms with E-state index in [0.29, 0.717) is 24.7 Å². The maximum Gasteiger partial charge on any atom is 0.264 e. The predicted molar refractivity (Wildman–Crippen MR) is 95.9 cm³/mol. The number of hydrogen-bond acceptors (Lipinski definition) is 5. The fourth-order valence-corrected chi connectivity index (χ4v) is 3.57. The smallest absolute Gasteiger partial charge is 0.264 e. The van der Waals surface area contributed by atoms with E-state index in [9.17, 15) is 13.2 Å². The Morgan fingerprint density at radius 2 is 1.80 bits per heavy atom. The molecular formula is C17H14BrNO5S. The monoisotopic (exact) mass is 423 g/mol. The molecule has 0 bridgehead atoms. The van der Waals surface area contributed by atoms with Crippen LogP contribution in [0.5, 0.6) is 11.5 Å². The number of fused-ring (bicyclic) bond motifs is 1. The van der Waals surface area contributed by atoms with Gasteiger partial charge in [0.25, 0.3) is 15.9 Å². The van der Waals surface area contributed by atoms with E-state index >= 15 is 0 Å². The number of nitrogens with one attached hydrogen (secondary N) is 1. The van der Waals surface area contributed by atoms with Crippen LogP contribution in [0.4, 0.5) is 0 Å². The molecule has 1 heterocycles. The van der Waals surface area contributed by atoms with Gasteiger partial charge in [-0.3, -0.25) is 4.79 Å². The first kappa shape index (κ1) is 17.5. The molecule has 1 aliphatic rings. The molecule has 25 heavy (non-hydrogen) atoms. The lowest BCUT2D eigenvalue weighted by Gasteiger charge is -2.18. The van der Waals surface area contributed by atoms with Crippen LogP contribution in [0.3, 0.4) is 0 Å². The summed E-state index contributed by atoms with van der Waals surface area (Å²) in [7, 11) is -4.01. The van der Waals surface area contributed by atoms with Crippen molar-refractivity contribution in [3.8, 4) is 11.5 Å². The number of carbonyl (C=O) groups is 1. The molecular weight excluding hydrogens is 410 g/mol. The van der Waals surface area contributed by atoms with E-state index in [1.54, 1.807) is 6.07 Å². The summed E-state index contributed by atoms with van der Waals surface area (Å²) >= 11 is 3.35. The van der Waals surface area contributed by atoms with Gasteiger partial charge in [-0.15, -0.1) is 0 Å². The molecule has 2 aromatic rings. The first-order valence-electron chi connectivity index (χ1n) is 7.35. The number of carbonyl (C=O) groups excluding carboxylic acids is 1. The molecule has 0 unspecified atom stereocenters. The number of hydrogen-bond donors (Lipinski definition) is 1. The highest BCUT2D eigenvalue weighted by molar-refractivity contribution is 9.10. The van der Waals surface area contributed by atoms with E-state index in [1.807, 2.05) is 22.9 Å². The molecule has 8 heteroatoms. The number of rotatable bonds is 4. The summed E-state index contributed by atoms with van der Waals surface area (Å²) in [6.45, 7) is 0.757. The zero-order chi connectivity index (χ0) is 17.9. The fourth-order valence-electron chi connectivity index (χ4n) is 2.19. The minimum Gasteiger partial charge on any atom is -0.486 e. The first-order valence-corrected chi connectivity index (χ1v) is 9.62. The number of halogens is 1. The van der Waals surface area contributed by atoms with E-state index in [4.69, 9.17) is 9.47 Å². The van der Waals surface area contributed by atoms with E-state index < -0.39 is 15.9 Å². The van der Waals surface area contributed by atoms with Gasteiger partial charge in [0.2, 0.25) is 0 Å². The number of benzene rings is 2. The summed E-state index contributed by atoms with van der Waals surface area (Å²) in [6, 6.07) is 11.5. The Bertz CT molecular complexity index is 940. The molecule has 0 aliphatic carbocycles. The SMILES string of the molecule is O=C(/C=C/c1ccccc1Br)NS(=O)(=O)c1ccc2c(c1)OCCO2. The summed E-state index contributed by atoms with van der Waals surface area (Å²) in [5.74, 6) is 0.0707. The average Bonchev–Trinajstić information content (AvgIpc) is 2.60. The van der Waals surface area contributed by atoms with Gasteiger partial charge in [0.1, 0.15) is 13.2 Å². The molecule has 0 saturated heterocycles. The standard InChI is InChI=1S/C17H14BrNO5S/c18-14-4-2-1-3-12(14)5-8-17(20)19-25(21,22)13-6-7-15-16(11-13)24-10-9-23-15/h1-8,11H,9-10H2,(H,19,20)/b8-5+. The van der Waals surface area contributed by atoms with E-state index in [-0.39, 0.29) is 4.90 Å². The zero-order valence-electron chi connectivity index (χ0n) is 12.9. The van der Waals surface area contributed by atoms with Crippen molar-refractivity contribution in [2.75, 3.05) is 13.2 Å². The second-order valence-electron chi connectivity index (χ2n) is 5.13. The van der Waals surface area contributed by atoms with E-state index in [1.165, 1.54) is 24.3 Å². The molecule has 0 saturated carbocycles. The van der Waals surface area contributed by atoms with E-state index in [2.05, 4.69) is 15.9 Å². The summed E-state index contributed by atoms with van der Waals surface area (Å²) in [6.07, 6.45) is 2.69. The normalized spacial score (nSPS) is 13.6. The molecule has 2 aromatic carbocycles. The van der Waals surface area contributed by atoms with Gasteiger partial charge < -0.3 is 9.47 Å². The highest BCUT2D eigenvalue weighted by Crippen LogP contribution is 2.32. The largest absolute Gasteiger partial charge is 0.486 e. The molecule has 0 radical (unpaired) electrons. The highest BCUT2D eigenvalue weighted by atomic mass is 79.9. The molecule has 1 N–H and O–H groups in total. The van der Waals surface area contributed by atoms with Crippen LogP contribution in [0.2, 0.25) is 0 Å². The zero-order valence-corrected chi connectivity index (χ0v) is 15.3. The Hall–Kier alpha value is -2.32. The Kier molecular flexibility index (Phi) is 5.10. The van der Waals surface area contributed by atoms with Crippen LogP contribution in [0, 0.1) is 0 Å². The Balaban J connectivity index is 1.75. The third-order valence-electron chi connectivity index (χ3n) is 3.38. The van der Waals surface area contributed by atoms with Crippen molar-refractivity contribution in [1.29, 1.82) is 0 Å². The van der Waals surface area contributed by atoms with Crippen molar-refractivity contribution in [2.24, 2.45) is 0 Å². The van der Waals surface area contributed by atoms with Crippen molar-refractivity contribution in [1.82, 2.24) is 4.72 Å². The molecule has 1 aliphatic heterocycles.